The van der Waals surface area contributed by atoms with Gasteiger partial charge >= 0.3 is 0 Å². The molecular formula is C18H29N3O2SSi. The standard InChI is InChI=1S/C18H29N3O2SSi/c1-14-19-13-15(16(20-14)17(24)21(5)22-6)11-9-10-12-23-25(7,8)18(2,3)4/h13H,10,12H2,1-8H3. The number of nitrogens with zero attached hydrogens (tertiary/aromatic N) is 3. The molecule has 0 bridgehead atoms. The second-order valence-corrected chi connectivity index (χ2v) is 12.5. The molecule has 0 N–H and O–H groups in total. The first-order valence-electron chi connectivity index (χ1n) is 8.28. The molecule has 0 aliphatic heterocycles. The van der Waals surface area contributed by atoms with Crippen molar-refractivity contribution >= 4 is 25.5 Å². The second kappa shape index (κ2) is 8.85. The minimum atomic E-state index is -1.73. The van der Waals surface area contributed by atoms with Gasteiger partial charge in [0.1, 0.15) is 11.5 Å². The molecular weight excluding hydrogens is 350 g/mol. The van der Waals surface area contributed by atoms with E-state index in [0.29, 0.717) is 35.1 Å². The molecule has 7 heteroatoms. The van der Waals surface area contributed by atoms with Crippen LogP contribution in [0.3, 0.4) is 0 Å². The first-order valence-corrected chi connectivity index (χ1v) is 11.6. The number of rotatable bonds is 5. The lowest BCUT2D eigenvalue weighted by Gasteiger charge is -2.35. The van der Waals surface area contributed by atoms with Crippen LogP contribution in [0.5, 0.6) is 0 Å². The average molecular weight is 380 g/mol. The Balaban J connectivity index is 2.82. The molecule has 0 radical (unpaired) electrons. The normalized spacial score (nSPS) is 11.7. The van der Waals surface area contributed by atoms with Crippen LogP contribution in [0.4, 0.5) is 0 Å². The number of aryl methyl sites for hydroxylation is 1. The monoisotopic (exact) mass is 379 g/mol. The lowest BCUT2D eigenvalue weighted by atomic mass is 10.2. The highest BCUT2D eigenvalue weighted by molar-refractivity contribution is 7.80. The third-order valence-electron chi connectivity index (χ3n) is 4.39. The highest BCUT2D eigenvalue weighted by Crippen LogP contribution is 2.36. The van der Waals surface area contributed by atoms with Crippen LogP contribution in [-0.4, -0.2) is 49.1 Å². The van der Waals surface area contributed by atoms with Crippen molar-refractivity contribution in [2.24, 2.45) is 0 Å². The Morgan fingerprint density at radius 1 is 1.36 bits per heavy atom. The summed E-state index contributed by atoms with van der Waals surface area (Å²) in [5.41, 5.74) is 1.32. The van der Waals surface area contributed by atoms with Crippen LogP contribution >= 0.6 is 12.2 Å². The van der Waals surface area contributed by atoms with E-state index < -0.39 is 8.32 Å². The molecule has 0 fully saturated rings. The smallest absolute Gasteiger partial charge is 0.192 e. The molecule has 138 valence electrons. The van der Waals surface area contributed by atoms with Gasteiger partial charge in [-0.25, -0.2) is 15.0 Å². The predicted molar refractivity (Wildman–Crippen MR) is 108 cm³/mol. The molecule has 0 saturated heterocycles. The molecule has 0 atom stereocenters. The molecule has 0 aliphatic rings. The van der Waals surface area contributed by atoms with Crippen molar-refractivity contribution < 1.29 is 9.26 Å². The molecule has 25 heavy (non-hydrogen) atoms. The number of hydrogen-bond acceptors (Lipinski definition) is 5. The van der Waals surface area contributed by atoms with Crippen LogP contribution in [-0.2, 0) is 9.26 Å². The first-order chi connectivity index (χ1) is 11.5. The van der Waals surface area contributed by atoms with Crippen LogP contribution in [0, 0.1) is 18.8 Å². The molecule has 1 rings (SSSR count). The molecule has 0 aromatic carbocycles. The van der Waals surface area contributed by atoms with E-state index in [0.717, 1.165) is 0 Å². The van der Waals surface area contributed by atoms with Gasteiger partial charge in [-0.15, -0.1) is 0 Å². The molecule has 0 unspecified atom stereocenters. The summed E-state index contributed by atoms with van der Waals surface area (Å²) in [5, 5.41) is 1.69. The maximum absolute atomic E-state index is 6.14. The van der Waals surface area contributed by atoms with E-state index in [-0.39, 0.29) is 5.04 Å². The number of hydroxylamine groups is 2. The third-order valence-corrected chi connectivity index (χ3v) is 9.38. The minimum absolute atomic E-state index is 0.204. The van der Waals surface area contributed by atoms with Gasteiger partial charge in [-0.3, -0.25) is 4.84 Å². The van der Waals surface area contributed by atoms with Crippen LogP contribution in [0.15, 0.2) is 6.20 Å². The summed E-state index contributed by atoms with van der Waals surface area (Å²) in [6, 6.07) is 0. The number of aromatic nitrogens is 2. The van der Waals surface area contributed by atoms with E-state index in [1.807, 2.05) is 6.92 Å². The summed E-state index contributed by atoms with van der Waals surface area (Å²) in [4.78, 5) is 14.3. The van der Waals surface area contributed by atoms with Gasteiger partial charge in [-0.05, 0) is 25.1 Å². The van der Waals surface area contributed by atoms with Gasteiger partial charge in [0.05, 0.1) is 12.7 Å². The van der Waals surface area contributed by atoms with E-state index in [1.54, 1.807) is 20.4 Å². The predicted octanol–water partition coefficient (Wildman–Crippen LogP) is 3.72. The fourth-order valence-corrected chi connectivity index (χ4v) is 2.96. The van der Waals surface area contributed by atoms with E-state index in [1.165, 1.54) is 5.06 Å². The summed E-state index contributed by atoms with van der Waals surface area (Å²) in [7, 11) is 1.57. The SMILES string of the molecule is CON(C)C(=S)c1nc(C)ncc1C#CCCO[Si](C)(C)C(C)(C)C. The zero-order valence-corrected chi connectivity index (χ0v) is 18.4. The number of hydrogen-bond donors (Lipinski definition) is 0. The molecule has 0 amide bonds. The first kappa shape index (κ1) is 21.7. The van der Waals surface area contributed by atoms with Crippen molar-refractivity contribution in [2.75, 3.05) is 20.8 Å². The Kier molecular flexibility index (Phi) is 7.69. The van der Waals surface area contributed by atoms with Gasteiger partial charge < -0.3 is 4.43 Å². The fourth-order valence-electron chi connectivity index (χ4n) is 1.69. The average Bonchev–Trinajstić information content (AvgIpc) is 2.53. The Labute approximate surface area is 158 Å². The van der Waals surface area contributed by atoms with E-state index >= 15 is 0 Å². The lowest BCUT2D eigenvalue weighted by Crippen LogP contribution is -2.40. The van der Waals surface area contributed by atoms with Gasteiger partial charge in [-0.1, -0.05) is 44.8 Å². The maximum atomic E-state index is 6.14. The number of thiocarbonyl (C=S) groups is 1. The highest BCUT2D eigenvalue weighted by atomic mass is 32.1. The molecule has 0 spiro atoms. The summed E-state index contributed by atoms with van der Waals surface area (Å²) in [5.74, 6) is 6.91. The zero-order valence-electron chi connectivity index (χ0n) is 16.6. The molecule has 5 nitrogen and oxygen atoms in total. The Morgan fingerprint density at radius 3 is 2.56 bits per heavy atom. The van der Waals surface area contributed by atoms with Crippen LogP contribution in [0.1, 0.15) is 44.3 Å². The Bertz CT molecular complexity index is 675. The van der Waals surface area contributed by atoms with E-state index in [2.05, 4.69) is 55.7 Å². The summed E-state index contributed by atoms with van der Waals surface area (Å²) in [6.07, 6.45) is 2.36. The van der Waals surface area contributed by atoms with Crippen molar-refractivity contribution in [3.63, 3.8) is 0 Å². The quantitative estimate of drug-likeness (QED) is 0.255. The second-order valence-electron chi connectivity index (χ2n) is 7.33. The van der Waals surface area contributed by atoms with Gasteiger partial charge in [0.15, 0.2) is 13.3 Å². The van der Waals surface area contributed by atoms with E-state index in [4.69, 9.17) is 21.5 Å². The topological polar surface area (TPSA) is 47.5 Å². The van der Waals surface area contributed by atoms with Crippen molar-refractivity contribution in [2.45, 2.75) is 52.2 Å². The van der Waals surface area contributed by atoms with Crippen LogP contribution in [0.2, 0.25) is 18.1 Å². The molecule has 1 heterocycles. The third kappa shape index (κ3) is 6.15. The molecule has 0 aliphatic carbocycles. The maximum Gasteiger partial charge on any atom is 0.192 e. The Morgan fingerprint density at radius 2 is 2.00 bits per heavy atom. The van der Waals surface area contributed by atoms with Crippen molar-refractivity contribution in [1.82, 2.24) is 15.0 Å². The lowest BCUT2D eigenvalue weighted by molar-refractivity contribution is -0.0387. The van der Waals surface area contributed by atoms with Gasteiger partial charge in [0.2, 0.25) is 0 Å². The molecule has 1 aromatic rings. The van der Waals surface area contributed by atoms with Gasteiger partial charge in [-0.2, -0.15) is 0 Å². The van der Waals surface area contributed by atoms with Crippen molar-refractivity contribution in [3.05, 3.63) is 23.3 Å². The van der Waals surface area contributed by atoms with Gasteiger partial charge in [0, 0.05) is 26.3 Å². The van der Waals surface area contributed by atoms with E-state index in [9.17, 15) is 0 Å². The van der Waals surface area contributed by atoms with Gasteiger partial charge in [0.25, 0.3) is 0 Å². The highest BCUT2D eigenvalue weighted by Gasteiger charge is 2.36. The largest absolute Gasteiger partial charge is 0.416 e. The molecule has 0 saturated carbocycles. The van der Waals surface area contributed by atoms with Crippen LogP contribution in [0.25, 0.3) is 0 Å². The Hall–Kier alpha value is -1.33. The van der Waals surface area contributed by atoms with Crippen LogP contribution < -0.4 is 0 Å². The minimum Gasteiger partial charge on any atom is -0.416 e. The zero-order chi connectivity index (χ0) is 19.3. The molecule has 1 aromatic heterocycles. The summed E-state index contributed by atoms with van der Waals surface area (Å²) in [6.45, 7) is 13.6. The van der Waals surface area contributed by atoms with Crippen molar-refractivity contribution in [3.8, 4) is 11.8 Å². The summed E-state index contributed by atoms with van der Waals surface area (Å²) >= 11 is 5.40. The van der Waals surface area contributed by atoms with Crippen molar-refractivity contribution in [1.29, 1.82) is 0 Å². The fraction of sp³-hybridized carbons (Fsp3) is 0.611. The summed E-state index contributed by atoms with van der Waals surface area (Å²) < 4.78 is 6.14.